The standard InChI is InChI=1S/C12H12N2S/c13-12(14)15-8-9-5-6-10-3-1-2-4-11(10)7-9/h1-7H,8H2,(H3,13,14). The number of rotatable bonds is 2. The Bertz CT molecular complexity index is 494. The van der Waals surface area contributed by atoms with Crippen LogP contribution < -0.4 is 5.73 Å². The molecule has 76 valence electrons. The molecule has 0 aliphatic carbocycles. The van der Waals surface area contributed by atoms with Crippen LogP contribution in [-0.4, -0.2) is 5.17 Å². The van der Waals surface area contributed by atoms with Gasteiger partial charge in [0.15, 0.2) is 5.17 Å². The van der Waals surface area contributed by atoms with Crippen molar-refractivity contribution < 1.29 is 0 Å². The zero-order valence-electron chi connectivity index (χ0n) is 8.23. The molecular weight excluding hydrogens is 204 g/mol. The molecule has 2 aromatic rings. The lowest BCUT2D eigenvalue weighted by Gasteiger charge is -2.02. The van der Waals surface area contributed by atoms with Crippen molar-refractivity contribution >= 4 is 27.7 Å². The first-order valence-electron chi connectivity index (χ1n) is 4.70. The van der Waals surface area contributed by atoms with Gasteiger partial charge in [-0.15, -0.1) is 0 Å². The van der Waals surface area contributed by atoms with Gasteiger partial charge in [0.1, 0.15) is 0 Å². The molecule has 0 radical (unpaired) electrons. The van der Waals surface area contributed by atoms with Crippen LogP contribution in [0.25, 0.3) is 10.8 Å². The van der Waals surface area contributed by atoms with E-state index in [1.54, 1.807) is 0 Å². The predicted octanol–water partition coefficient (Wildman–Crippen LogP) is 2.97. The molecule has 0 saturated heterocycles. The summed E-state index contributed by atoms with van der Waals surface area (Å²) in [6, 6.07) is 14.6. The molecule has 15 heavy (non-hydrogen) atoms. The third-order valence-corrected chi connectivity index (χ3v) is 3.00. The van der Waals surface area contributed by atoms with E-state index in [1.165, 1.54) is 28.1 Å². The lowest BCUT2D eigenvalue weighted by molar-refractivity contribution is 1.44. The number of hydrogen-bond acceptors (Lipinski definition) is 2. The molecule has 0 aromatic heterocycles. The Morgan fingerprint density at radius 1 is 1.13 bits per heavy atom. The maximum atomic E-state index is 7.15. The number of hydrogen-bond donors (Lipinski definition) is 2. The Morgan fingerprint density at radius 2 is 1.87 bits per heavy atom. The molecular formula is C12H12N2S. The fourth-order valence-corrected chi connectivity index (χ4v) is 1.99. The number of amidine groups is 1. The average Bonchev–Trinajstić information content (AvgIpc) is 2.26. The SMILES string of the molecule is N=C(N)SCc1ccc2ccccc2c1. The Kier molecular flexibility index (Phi) is 2.92. The Labute approximate surface area is 93.0 Å². The lowest BCUT2D eigenvalue weighted by atomic mass is 10.1. The van der Waals surface area contributed by atoms with Crippen LogP contribution in [0.3, 0.4) is 0 Å². The number of nitrogens with one attached hydrogen (secondary N) is 1. The normalized spacial score (nSPS) is 10.4. The number of fused-ring (bicyclic) bond motifs is 1. The summed E-state index contributed by atoms with van der Waals surface area (Å²) in [5.74, 6) is 0.764. The maximum Gasteiger partial charge on any atom is 0.151 e. The van der Waals surface area contributed by atoms with Crippen LogP contribution in [0.4, 0.5) is 0 Å². The van der Waals surface area contributed by atoms with E-state index < -0.39 is 0 Å². The van der Waals surface area contributed by atoms with Crippen molar-refractivity contribution in [2.75, 3.05) is 0 Å². The second-order valence-corrected chi connectivity index (χ2v) is 4.35. The highest BCUT2D eigenvalue weighted by molar-refractivity contribution is 8.13. The minimum Gasteiger partial charge on any atom is -0.379 e. The van der Waals surface area contributed by atoms with Crippen molar-refractivity contribution in [2.24, 2.45) is 5.73 Å². The summed E-state index contributed by atoms with van der Waals surface area (Å²) >= 11 is 1.35. The first-order chi connectivity index (χ1) is 7.25. The van der Waals surface area contributed by atoms with Crippen LogP contribution in [0.2, 0.25) is 0 Å². The van der Waals surface area contributed by atoms with Crippen molar-refractivity contribution in [3.05, 3.63) is 48.0 Å². The first kappa shape index (κ1) is 10.1. The summed E-state index contributed by atoms with van der Waals surface area (Å²) in [5, 5.41) is 9.80. The topological polar surface area (TPSA) is 49.9 Å². The second-order valence-electron chi connectivity index (χ2n) is 3.33. The molecule has 2 rings (SSSR count). The van der Waals surface area contributed by atoms with Gasteiger partial charge in [0.2, 0.25) is 0 Å². The minimum atomic E-state index is 0.170. The summed E-state index contributed by atoms with van der Waals surface area (Å²) in [4.78, 5) is 0. The molecule has 3 heteroatoms. The van der Waals surface area contributed by atoms with Crippen LogP contribution in [0.5, 0.6) is 0 Å². The van der Waals surface area contributed by atoms with Crippen LogP contribution in [0.1, 0.15) is 5.56 Å². The number of nitrogens with two attached hydrogens (primary N) is 1. The van der Waals surface area contributed by atoms with E-state index in [9.17, 15) is 0 Å². The molecule has 0 aliphatic heterocycles. The summed E-state index contributed by atoms with van der Waals surface area (Å²) in [7, 11) is 0. The minimum absolute atomic E-state index is 0.170. The van der Waals surface area contributed by atoms with Gasteiger partial charge in [0, 0.05) is 5.75 Å². The monoisotopic (exact) mass is 216 g/mol. The third kappa shape index (κ3) is 2.50. The van der Waals surface area contributed by atoms with Gasteiger partial charge in [-0.1, -0.05) is 54.2 Å². The number of benzene rings is 2. The van der Waals surface area contributed by atoms with E-state index >= 15 is 0 Å². The van der Waals surface area contributed by atoms with Crippen molar-refractivity contribution in [3.63, 3.8) is 0 Å². The number of thioether (sulfide) groups is 1. The molecule has 0 fully saturated rings. The summed E-state index contributed by atoms with van der Waals surface area (Å²) in [5.41, 5.74) is 6.50. The molecule has 2 nitrogen and oxygen atoms in total. The van der Waals surface area contributed by atoms with Gasteiger partial charge in [0.25, 0.3) is 0 Å². The molecule has 0 aliphatic rings. The van der Waals surface area contributed by atoms with E-state index in [2.05, 4.69) is 30.3 Å². The summed E-state index contributed by atoms with van der Waals surface area (Å²) in [6.07, 6.45) is 0. The van der Waals surface area contributed by atoms with Gasteiger partial charge < -0.3 is 5.73 Å². The summed E-state index contributed by atoms with van der Waals surface area (Å²) < 4.78 is 0. The molecule has 0 unspecified atom stereocenters. The van der Waals surface area contributed by atoms with Gasteiger partial charge in [0.05, 0.1) is 0 Å². The van der Waals surface area contributed by atoms with Crippen LogP contribution in [0.15, 0.2) is 42.5 Å². The van der Waals surface area contributed by atoms with E-state index in [4.69, 9.17) is 11.1 Å². The molecule has 0 heterocycles. The molecule has 2 aromatic carbocycles. The Morgan fingerprint density at radius 3 is 2.60 bits per heavy atom. The fourth-order valence-electron chi connectivity index (χ4n) is 1.49. The van der Waals surface area contributed by atoms with E-state index in [0.29, 0.717) is 0 Å². The van der Waals surface area contributed by atoms with Crippen molar-refractivity contribution in [2.45, 2.75) is 5.75 Å². The van der Waals surface area contributed by atoms with Crippen molar-refractivity contribution in [3.8, 4) is 0 Å². The molecule has 3 N–H and O–H groups in total. The smallest absolute Gasteiger partial charge is 0.151 e. The fraction of sp³-hybridized carbons (Fsp3) is 0.0833. The van der Waals surface area contributed by atoms with Gasteiger partial charge in [-0.3, -0.25) is 5.41 Å². The molecule has 0 bridgehead atoms. The highest BCUT2D eigenvalue weighted by Crippen LogP contribution is 2.18. The van der Waals surface area contributed by atoms with Gasteiger partial charge in [-0.25, -0.2) is 0 Å². The van der Waals surface area contributed by atoms with Gasteiger partial charge in [-0.2, -0.15) is 0 Å². The first-order valence-corrected chi connectivity index (χ1v) is 5.69. The van der Waals surface area contributed by atoms with Crippen LogP contribution in [-0.2, 0) is 5.75 Å². The Hall–Kier alpha value is -1.48. The third-order valence-electron chi connectivity index (χ3n) is 2.21. The van der Waals surface area contributed by atoms with Gasteiger partial charge >= 0.3 is 0 Å². The van der Waals surface area contributed by atoms with E-state index in [0.717, 1.165) is 5.75 Å². The highest BCUT2D eigenvalue weighted by atomic mass is 32.2. The van der Waals surface area contributed by atoms with Crippen LogP contribution >= 0.6 is 11.8 Å². The van der Waals surface area contributed by atoms with Crippen LogP contribution in [0, 0.1) is 5.41 Å². The molecule has 0 spiro atoms. The van der Waals surface area contributed by atoms with E-state index in [1.807, 2.05) is 12.1 Å². The largest absolute Gasteiger partial charge is 0.379 e. The lowest BCUT2D eigenvalue weighted by Crippen LogP contribution is -2.03. The quantitative estimate of drug-likeness (QED) is 0.599. The molecule has 0 amide bonds. The molecule has 0 saturated carbocycles. The predicted molar refractivity (Wildman–Crippen MR) is 67.2 cm³/mol. The van der Waals surface area contributed by atoms with E-state index in [-0.39, 0.29) is 5.17 Å². The average molecular weight is 216 g/mol. The molecule has 0 atom stereocenters. The maximum absolute atomic E-state index is 7.15. The summed E-state index contributed by atoms with van der Waals surface area (Å²) in [6.45, 7) is 0. The Balaban J connectivity index is 2.26. The second kappa shape index (κ2) is 4.36. The highest BCUT2D eigenvalue weighted by Gasteiger charge is 1.97. The zero-order valence-corrected chi connectivity index (χ0v) is 9.05. The van der Waals surface area contributed by atoms with Gasteiger partial charge in [-0.05, 0) is 16.3 Å². The van der Waals surface area contributed by atoms with Crippen molar-refractivity contribution in [1.82, 2.24) is 0 Å². The van der Waals surface area contributed by atoms with Crippen molar-refractivity contribution in [1.29, 1.82) is 5.41 Å². The zero-order chi connectivity index (χ0) is 10.7.